The molecule has 0 saturated carbocycles. The van der Waals surface area contributed by atoms with E-state index in [2.05, 4.69) is 20.4 Å². The van der Waals surface area contributed by atoms with Crippen molar-refractivity contribution in [1.29, 1.82) is 0 Å². The first-order chi connectivity index (χ1) is 30.8. The number of β-amino-alcohol motifs (C(OH)–C–C–N with tert-alkyl or cyclic N) is 2. The van der Waals surface area contributed by atoms with Gasteiger partial charge in [-0.25, -0.2) is 0 Å². The van der Waals surface area contributed by atoms with E-state index in [1.54, 1.807) is 18.2 Å². The Morgan fingerprint density at radius 3 is 1.25 bits per heavy atom. The lowest BCUT2D eigenvalue weighted by molar-refractivity contribution is 0.0555. The maximum absolute atomic E-state index is 10.3. The zero-order valence-electron chi connectivity index (χ0n) is 37.3. The second-order valence-corrected chi connectivity index (χ2v) is 18.2. The predicted molar refractivity (Wildman–Crippen MR) is 256 cm³/mol. The summed E-state index contributed by atoms with van der Waals surface area (Å²) in [5.74, 6) is 2.85. The van der Waals surface area contributed by atoms with Gasteiger partial charge in [0, 0.05) is 49.4 Å². The molecule has 4 aromatic carbocycles. The average Bonchev–Trinajstić information content (AvgIpc) is 3.29. The highest BCUT2D eigenvalue weighted by atomic mass is 35.5. The lowest BCUT2D eigenvalue weighted by atomic mass is 10.0. The number of rotatable bonds is 22. The van der Waals surface area contributed by atoms with Crippen LogP contribution < -0.4 is 29.6 Å². The number of nitrogens with one attached hydrogen (secondary N) is 2. The largest absolute Gasteiger partial charge is 0.491 e. The highest BCUT2D eigenvalue weighted by Crippen LogP contribution is 2.27. The van der Waals surface area contributed by atoms with E-state index in [1.807, 2.05) is 87.5 Å². The summed E-state index contributed by atoms with van der Waals surface area (Å²) in [6.07, 6.45) is 1.65. The van der Waals surface area contributed by atoms with Gasteiger partial charge < -0.3 is 59.8 Å². The van der Waals surface area contributed by atoms with Crippen LogP contribution in [0.15, 0.2) is 84.9 Å². The molecule has 0 aromatic heterocycles. The van der Waals surface area contributed by atoms with Crippen LogP contribution in [0.4, 0.5) is 0 Å². The summed E-state index contributed by atoms with van der Waals surface area (Å²) in [4.78, 5) is 4.49. The van der Waals surface area contributed by atoms with Gasteiger partial charge in [-0.3, -0.25) is 0 Å². The first kappa shape index (κ1) is 51.6. The van der Waals surface area contributed by atoms with E-state index in [-0.39, 0.29) is 26.4 Å². The van der Waals surface area contributed by atoms with Crippen LogP contribution >= 0.6 is 34.8 Å². The Labute approximate surface area is 394 Å². The lowest BCUT2D eigenvalue weighted by Gasteiger charge is -2.33. The maximum atomic E-state index is 10.3. The molecule has 352 valence electrons. The third-order valence-electron chi connectivity index (χ3n) is 11.2. The molecule has 6 rings (SSSR count). The maximum Gasteiger partial charge on any atom is 0.121 e. The van der Waals surface area contributed by atoms with Crippen LogP contribution in [0.5, 0.6) is 23.0 Å². The first-order valence-corrected chi connectivity index (χ1v) is 23.4. The molecule has 0 amide bonds. The minimum atomic E-state index is -0.588. The van der Waals surface area contributed by atoms with Crippen molar-refractivity contribution < 1.29 is 39.4 Å². The number of ether oxygens (including phenoxy) is 4. The van der Waals surface area contributed by atoms with Crippen molar-refractivity contribution in [2.24, 2.45) is 0 Å². The van der Waals surface area contributed by atoms with E-state index in [4.69, 9.17) is 53.8 Å². The van der Waals surface area contributed by atoms with Crippen molar-refractivity contribution in [2.45, 2.75) is 83.0 Å². The number of nitrogens with zero attached hydrogens (tertiary/aromatic N) is 2. The van der Waals surface area contributed by atoms with Gasteiger partial charge in [-0.15, -0.1) is 0 Å². The summed E-state index contributed by atoms with van der Waals surface area (Å²) in [6, 6.07) is 26.9. The zero-order chi connectivity index (χ0) is 45.8. The molecule has 0 unspecified atom stereocenters. The molecule has 0 aliphatic carbocycles. The molecule has 2 heterocycles. The van der Waals surface area contributed by atoms with Gasteiger partial charge in [0.1, 0.15) is 73.8 Å². The number of halogens is 3. The molecule has 0 radical (unpaired) electrons. The van der Waals surface area contributed by atoms with Crippen molar-refractivity contribution >= 4 is 34.8 Å². The first-order valence-electron chi connectivity index (χ1n) is 22.3. The van der Waals surface area contributed by atoms with Crippen LogP contribution in [-0.2, 0) is 0 Å². The number of hydrogen-bond donors (Lipinski definition) is 6. The molecular weight excluding hydrogens is 879 g/mol. The summed E-state index contributed by atoms with van der Waals surface area (Å²) in [5.41, 5.74) is 3.32. The second-order valence-electron chi connectivity index (χ2n) is 16.9. The zero-order valence-corrected chi connectivity index (χ0v) is 39.6. The van der Waals surface area contributed by atoms with Crippen LogP contribution in [0.25, 0.3) is 0 Å². The van der Waals surface area contributed by atoms with Gasteiger partial charge in [0.25, 0.3) is 0 Å². The monoisotopic (exact) mass is 944 g/mol. The molecule has 4 aromatic rings. The number of benzene rings is 4. The Morgan fingerprint density at radius 2 is 0.844 bits per heavy atom. The number of hydrogen-bond acceptors (Lipinski definition) is 12. The smallest absolute Gasteiger partial charge is 0.121 e. The minimum absolute atomic E-state index is 0.198. The molecule has 4 atom stereocenters. The van der Waals surface area contributed by atoms with Crippen LogP contribution in [0.2, 0.25) is 15.1 Å². The summed E-state index contributed by atoms with van der Waals surface area (Å²) in [7, 11) is 0. The predicted octanol–water partition coefficient (Wildman–Crippen LogP) is 6.73. The van der Waals surface area contributed by atoms with Crippen LogP contribution in [0, 0.1) is 20.8 Å². The highest BCUT2D eigenvalue weighted by Gasteiger charge is 2.23. The van der Waals surface area contributed by atoms with E-state index in [9.17, 15) is 20.4 Å². The summed E-state index contributed by atoms with van der Waals surface area (Å²) >= 11 is 17.9. The van der Waals surface area contributed by atoms with E-state index in [0.29, 0.717) is 59.1 Å². The van der Waals surface area contributed by atoms with Crippen LogP contribution in [0.3, 0.4) is 0 Å². The van der Waals surface area contributed by atoms with Gasteiger partial charge in [0.05, 0.1) is 10.0 Å². The minimum Gasteiger partial charge on any atom is -0.491 e. The van der Waals surface area contributed by atoms with Gasteiger partial charge in [0.15, 0.2) is 0 Å². The molecule has 64 heavy (non-hydrogen) atoms. The van der Waals surface area contributed by atoms with Gasteiger partial charge >= 0.3 is 0 Å². The molecular formula is C49H67Cl3N4O8. The second kappa shape index (κ2) is 27.3. The van der Waals surface area contributed by atoms with Crippen LogP contribution in [-0.4, -0.2) is 146 Å². The Morgan fingerprint density at radius 1 is 0.484 bits per heavy atom. The summed E-state index contributed by atoms with van der Waals surface area (Å²) < 4.78 is 22.6. The molecule has 12 nitrogen and oxygen atoms in total. The molecule has 0 bridgehead atoms. The third-order valence-corrected chi connectivity index (χ3v) is 12.4. The third kappa shape index (κ3) is 19.2. The van der Waals surface area contributed by atoms with E-state index in [1.165, 1.54) is 11.1 Å². The number of aryl methyl sites for hydroxylation is 3. The summed E-state index contributed by atoms with van der Waals surface area (Å²) in [6.45, 7) is 12.7. The molecule has 2 saturated heterocycles. The standard InChI is InChI=1S/C25H35ClN2O4.C24H32Cl2N2O4/c1-18-3-5-23(6-4-18)31-16-21(29)14-27-20-9-11-28(12-10-20)15-22(30)17-32-24-7-8-25(26)19(2)13-24;1-17-2-4-21(5-3-17)31-15-19(29)13-27-18-8-10-28(11-9-18)14-20(30)16-32-22-6-7-23(25)24(26)12-22/h3-8,13,20-22,27,29-30H,9-12,14-17H2,1-2H3;2-7,12,18-20,27,29-30H,8-11,13-16H2,1H3/t21-,22-;19-,20-/m01/s1. The van der Waals surface area contributed by atoms with Crippen molar-refractivity contribution in [3.8, 4) is 23.0 Å². The van der Waals surface area contributed by atoms with E-state index < -0.39 is 24.4 Å². The quantitative estimate of drug-likeness (QED) is 0.0497. The highest BCUT2D eigenvalue weighted by molar-refractivity contribution is 6.42. The molecule has 2 fully saturated rings. The Kier molecular flexibility index (Phi) is 22.0. The van der Waals surface area contributed by atoms with Gasteiger partial charge in [0.2, 0.25) is 0 Å². The average molecular weight is 946 g/mol. The Bertz CT molecular complexity index is 1790. The van der Waals surface area contributed by atoms with E-state index >= 15 is 0 Å². The Hall–Kier alpha value is -3.37. The SMILES string of the molecule is Cc1ccc(OC[C@@H](O)CNC2CCN(C[C@H](O)COc3ccc(Cl)c(C)c3)CC2)cc1.Cc1ccc(OC[C@H](O)CNC2CCN(C[C@@H](O)COc3ccc(Cl)c(Cl)c3)CC2)cc1. The normalized spacial score (nSPS) is 17.2. The fourth-order valence-electron chi connectivity index (χ4n) is 7.38. The number of likely N-dealkylation sites (tertiary alicyclic amines) is 2. The fraction of sp³-hybridized carbons (Fsp3) is 0.510. The topological polar surface area (TPSA) is 148 Å². The van der Waals surface area contributed by atoms with Crippen molar-refractivity contribution in [3.05, 3.63) is 117 Å². The molecule has 2 aliphatic rings. The number of aliphatic hydroxyl groups is 4. The summed E-state index contributed by atoms with van der Waals surface area (Å²) in [5, 5.41) is 49.5. The molecule has 15 heteroatoms. The van der Waals surface area contributed by atoms with Gasteiger partial charge in [-0.1, -0.05) is 70.2 Å². The molecule has 6 N–H and O–H groups in total. The van der Waals surface area contributed by atoms with Gasteiger partial charge in [-0.05, 0) is 133 Å². The molecule has 2 aliphatic heterocycles. The van der Waals surface area contributed by atoms with Gasteiger partial charge in [-0.2, -0.15) is 0 Å². The lowest BCUT2D eigenvalue weighted by Crippen LogP contribution is -2.47. The Balaban J connectivity index is 0.000000241. The fourth-order valence-corrected chi connectivity index (χ4v) is 7.78. The van der Waals surface area contributed by atoms with Crippen molar-refractivity contribution in [1.82, 2.24) is 20.4 Å². The van der Waals surface area contributed by atoms with E-state index in [0.717, 1.165) is 74.7 Å². The van der Waals surface area contributed by atoms with Crippen molar-refractivity contribution in [3.63, 3.8) is 0 Å². The number of aliphatic hydroxyl groups excluding tert-OH is 4. The molecule has 0 spiro atoms. The number of piperidine rings is 2. The van der Waals surface area contributed by atoms with Crippen LogP contribution in [0.1, 0.15) is 42.4 Å². The van der Waals surface area contributed by atoms with Crippen molar-refractivity contribution in [2.75, 3.05) is 78.8 Å².